The molecular formula is C20H25ClN4. The molecule has 0 unspecified atom stereocenters. The van der Waals surface area contributed by atoms with Crippen LogP contribution >= 0.6 is 12.4 Å². The highest BCUT2D eigenvalue weighted by Gasteiger charge is 2.08. The predicted octanol–water partition coefficient (Wildman–Crippen LogP) is 3.30. The van der Waals surface area contributed by atoms with Crippen molar-refractivity contribution in [2.45, 2.75) is 13.0 Å². The molecule has 132 valence electrons. The average molecular weight is 357 g/mol. The summed E-state index contributed by atoms with van der Waals surface area (Å²) < 4.78 is 1.92. The first-order chi connectivity index (χ1) is 11.8. The van der Waals surface area contributed by atoms with E-state index in [0.717, 1.165) is 37.4 Å². The van der Waals surface area contributed by atoms with Gasteiger partial charge in [0.2, 0.25) is 0 Å². The lowest BCUT2D eigenvalue weighted by molar-refractivity contribution is 0.272. The summed E-state index contributed by atoms with van der Waals surface area (Å²) in [7, 11) is 0. The van der Waals surface area contributed by atoms with Crippen molar-refractivity contribution in [2.24, 2.45) is 5.73 Å². The van der Waals surface area contributed by atoms with Gasteiger partial charge in [0.15, 0.2) is 0 Å². The fraction of sp³-hybridized carbons (Fsp3) is 0.250. The van der Waals surface area contributed by atoms with Crippen LogP contribution in [0.5, 0.6) is 0 Å². The molecule has 0 spiro atoms. The number of benzene rings is 2. The number of hydrogen-bond acceptors (Lipinski definition) is 3. The molecule has 0 fully saturated rings. The van der Waals surface area contributed by atoms with Crippen LogP contribution in [0, 0.1) is 0 Å². The summed E-state index contributed by atoms with van der Waals surface area (Å²) in [6, 6.07) is 22.8. The van der Waals surface area contributed by atoms with E-state index in [2.05, 4.69) is 53.4 Å². The maximum Gasteiger partial charge on any atom is 0.0769 e. The Bertz CT molecular complexity index is 728. The second-order valence-electron chi connectivity index (χ2n) is 5.89. The summed E-state index contributed by atoms with van der Waals surface area (Å²) in [5, 5.41) is 4.69. The molecule has 0 amide bonds. The second kappa shape index (κ2) is 9.99. The lowest BCUT2D eigenvalue weighted by atomic mass is 10.1. The standard InChI is InChI=1S/C20H24N4.ClH/c21-13-16-23(14-11-18-7-3-1-4-8-18)17-19-12-15-24(22-19)20-9-5-2-6-10-20;/h1-10,12,15H,11,13-14,16-17,21H2;1H. The molecule has 0 aliphatic heterocycles. The van der Waals surface area contributed by atoms with Gasteiger partial charge >= 0.3 is 0 Å². The Morgan fingerprint density at radius 1 is 0.880 bits per heavy atom. The van der Waals surface area contributed by atoms with Gasteiger partial charge in [0.25, 0.3) is 0 Å². The molecule has 5 heteroatoms. The molecule has 3 rings (SSSR count). The first-order valence-electron chi connectivity index (χ1n) is 8.41. The minimum atomic E-state index is 0. The van der Waals surface area contributed by atoms with E-state index in [1.165, 1.54) is 5.56 Å². The lowest BCUT2D eigenvalue weighted by Gasteiger charge is -2.20. The third-order valence-electron chi connectivity index (χ3n) is 4.06. The SMILES string of the molecule is Cl.NCCN(CCc1ccccc1)Cc1ccn(-c2ccccc2)n1. The first-order valence-corrected chi connectivity index (χ1v) is 8.41. The van der Waals surface area contributed by atoms with E-state index in [1.807, 2.05) is 29.1 Å². The lowest BCUT2D eigenvalue weighted by Crippen LogP contribution is -2.31. The van der Waals surface area contributed by atoms with E-state index in [-0.39, 0.29) is 12.4 Å². The summed E-state index contributed by atoms with van der Waals surface area (Å²) in [4.78, 5) is 2.37. The summed E-state index contributed by atoms with van der Waals surface area (Å²) in [6.45, 7) is 3.35. The van der Waals surface area contributed by atoms with Crippen molar-refractivity contribution in [1.82, 2.24) is 14.7 Å². The molecule has 1 aromatic heterocycles. The number of nitrogens with two attached hydrogens (primary N) is 1. The van der Waals surface area contributed by atoms with Crippen molar-refractivity contribution in [3.8, 4) is 5.69 Å². The molecule has 2 N–H and O–H groups in total. The van der Waals surface area contributed by atoms with Crippen LogP contribution in [0.15, 0.2) is 72.9 Å². The van der Waals surface area contributed by atoms with Crippen molar-refractivity contribution >= 4 is 12.4 Å². The summed E-state index contributed by atoms with van der Waals surface area (Å²) >= 11 is 0. The van der Waals surface area contributed by atoms with E-state index < -0.39 is 0 Å². The number of aromatic nitrogens is 2. The number of hydrogen-bond donors (Lipinski definition) is 1. The highest BCUT2D eigenvalue weighted by atomic mass is 35.5. The van der Waals surface area contributed by atoms with Crippen LogP contribution in [-0.2, 0) is 13.0 Å². The van der Waals surface area contributed by atoms with Gasteiger partial charge in [0, 0.05) is 32.4 Å². The van der Waals surface area contributed by atoms with Crippen molar-refractivity contribution in [3.05, 3.63) is 84.2 Å². The fourth-order valence-corrected chi connectivity index (χ4v) is 2.78. The predicted molar refractivity (Wildman–Crippen MR) is 105 cm³/mol. The Morgan fingerprint density at radius 3 is 2.24 bits per heavy atom. The first kappa shape index (κ1) is 19.2. The molecule has 0 aliphatic rings. The van der Waals surface area contributed by atoms with Gasteiger partial charge in [-0.25, -0.2) is 4.68 Å². The van der Waals surface area contributed by atoms with Gasteiger partial charge in [0.1, 0.15) is 0 Å². The van der Waals surface area contributed by atoms with Crippen LogP contribution in [0.4, 0.5) is 0 Å². The molecule has 3 aromatic rings. The van der Waals surface area contributed by atoms with Crippen molar-refractivity contribution < 1.29 is 0 Å². The molecule has 1 heterocycles. The van der Waals surface area contributed by atoms with Crippen molar-refractivity contribution in [2.75, 3.05) is 19.6 Å². The van der Waals surface area contributed by atoms with Crippen LogP contribution in [-0.4, -0.2) is 34.3 Å². The zero-order chi connectivity index (χ0) is 16.6. The van der Waals surface area contributed by atoms with Crippen molar-refractivity contribution in [3.63, 3.8) is 0 Å². The molecule has 25 heavy (non-hydrogen) atoms. The Hall–Kier alpha value is -2.14. The van der Waals surface area contributed by atoms with Gasteiger partial charge in [0.05, 0.1) is 11.4 Å². The van der Waals surface area contributed by atoms with Crippen molar-refractivity contribution in [1.29, 1.82) is 0 Å². The van der Waals surface area contributed by atoms with Gasteiger partial charge in [-0.05, 0) is 30.2 Å². The topological polar surface area (TPSA) is 47.1 Å². The Labute approximate surface area is 155 Å². The van der Waals surface area contributed by atoms with Gasteiger partial charge < -0.3 is 5.73 Å². The van der Waals surface area contributed by atoms with E-state index in [9.17, 15) is 0 Å². The molecular weight excluding hydrogens is 332 g/mol. The highest BCUT2D eigenvalue weighted by molar-refractivity contribution is 5.85. The monoisotopic (exact) mass is 356 g/mol. The molecule has 0 atom stereocenters. The number of nitrogens with zero attached hydrogens (tertiary/aromatic N) is 3. The largest absolute Gasteiger partial charge is 0.329 e. The van der Waals surface area contributed by atoms with E-state index in [0.29, 0.717) is 6.54 Å². The molecule has 0 aliphatic carbocycles. The quantitative estimate of drug-likeness (QED) is 0.673. The normalized spacial score (nSPS) is 10.6. The van der Waals surface area contributed by atoms with E-state index in [1.54, 1.807) is 0 Å². The van der Waals surface area contributed by atoms with Crippen LogP contribution in [0.2, 0.25) is 0 Å². The summed E-state index contributed by atoms with van der Waals surface area (Å²) in [5.74, 6) is 0. The average Bonchev–Trinajstić information content (AvgIpc) is 3.10. The molecule has 0 radical (unpaired) electrons. The minimum Gasteiger partial charge on any atom is -0.329 e. The third kappa shape index (κ3) is 5.71. The fourth-order valence-electron chi connectivity index (χ4n) is 2.78. The maximum absolute atomic E-state index is 5.78. The van der Waals surface area contributed by atoms with Gasteiger partial charge in [-0.2, -0.15) is 5.10 Å². The smallest absolute Gasteiger partial charge is 0.0769 e. The van der Waals surface area contributed by atoms with Gasteiger partial charge in [-0.3, -0.25) is 4.90 Å². The zero-order valence-electron chi connectivity index (χ0n) is 14.3. The van der Waals surface area contributed by atoms with Crippen LogP contribution < -0.4 is 5.73 Å². The van der Waals surface area contributed by atoms with Gasteiger partial charge in [-0.15, -0.1) is 12.4 Å². The minimum absolute atomic E-state index is 0. The summed E-state index contributed by atoms with van der Waals surface area (Å²) in [5.41, 5.74) is 9.29. The zero-order valence-corrected chi connectivity index (χ0v) is 15.1. The molecule has 2 aromatic carbocycles. The summed E-state index contributed by atoms with van der Waals surface area (Å²) in [6.07, 6.45) is 3.04. The Morgan fingerprint density at radius 2 is 1.56 bits per heavy atom. The molecule has 0 saturated heterocycles. The second-order valence-corrected chi connectivity index (χ2v) is 5.89. The third-order valence-corrected chi connectivity index (χ3v) is 4.06. The maximum atomic E-state index is 5.78. The molecule has 4 nitrogen and oxygen atoms in total. The molecule has 0 bridgehead atoms. The van der Waals surface area contributed by atoms with E-state index in [4.69, 9.17) is 10.8 Å². The number of halogens is 1. The highest BCUT2D eigenvalue weighted by Crippen LogP contribution is 2.09. The van der Waals surface area contributed by atoms with Crippen LogP contribution in [0.25, 0.3) is 5.69 Å². The Kier molecular flexibility index (Phi) is 7.67. The van der Waals surface area contributed by atoms with Crippen LogP contribution in [0.3, 0.4) is 0 Å². The molecule has 0 saturated carbocycles. The number of rotatable bonds is 8. The number of para-hydroxylation sites is 1. The van der Waals surface area contributed by atoms with Crippen LogP contribution in [0.1, 0.15) is 11.3 Å². The Balaban J connectivity index is 0.00000225. The van der Waals surface area contributed by atoms with Gasteiger partial charge in [-0.1, -0.05) is 48.5 Å². The van der Waals surface area contributed by atoms with E-state index >= 15 is 0 Å².